The zero-order chi connectivity index (χ0) is 23.6. The van der Waals surface area contributed by atoms with Crippen molar-refractivity contribution in [2.24, 2.45) is 0 Å². The minimum absolute atomic E-state index is 0.139. The fourth-order valence-corrected chi connectivity index (χ4v) is 4.25. The van der Waals surface area contributed by atoms with E-state index in [-0.39, 0.29) is 6.61 Å². The smallest absolute Gasteiger partial charge is 0.119 e. The first-order chi connectivity index (χ1) is 16.0. The Kier molecular flexibility index (Phi) is 9.76. The van der Waals surface area contributed by atoms with Crippen molar-refractivity contribution in [1.29, 1.82) is 0 Å². The third-order valence-electron chi connectivity index (χ3n) is 6.07. The van der Waals surface area contributed by atoms with Crippen molar-refractivity contribution in [3.63, 3.8) is 0 Å². The number of aromatic nitrogens is 1. The summed E-state index contributed by atoms with van der Waals surface area (Å²) in [5, 5.41) is 21.6. The van der Waals surface area contributed by atoms with E-state index in [1.807, 2.05) is 25.1 Å². The number of hydrogen-bond acceptors (Lipinski definition) is 5. The average molecular weight is 455 g/mol. The van der Waals surface area contributed by atoms with E-state index < -0.39 is 6.10 Å². The summed E-state index contributed by atoms with van der Waals surface area (Å²) in [5.74, 6) is 0.825. The molecule has 0 saturated carbocycles. The van der Waals surface area contributed by atoms with Crippen molar-refractivity contribution in [2.45, 2.75) is 46.4 Å². The molecule has 1 unspecified atom stereocenters. The third kappa shape index (κ3) is 7.05. The number of fused-ring (bicyclic) bond motifs is 1. The van der Waals surface area contributed by atoms with Crippen molar-refractivity contribution in [1.82, 2.24) is 9.47 Å². The molecule has 33 heavy (non-hydrogen) atoms. The van der Waals surface area contributed by atoms with Crippen molar-refractivity contribution in [2.75, 3.05) is 39.5 Å². The summed E-state index contributed by atoms with van der Waals surface area (Å²) in [7, 11) is 0. The van der Waals surface area contributed by atoms with Crippen molar-refractivity contribution in [3.8, 4) is 5.75 Å². The van der Waals surface area contributed by atoms with E-state index in [0.717, 1.165) is 23.4 Å². The van der Waals surface area contributed by atoms with Crippen LogP contribution in [0, 0.1) is 13.8 Å². The van der Waals surface area contributed by atoms with Gasteiger partial charge in [0.1, 0.15) is 12.4 Å². The van der Waals surface area contributed by atoms with Gasteiger partial charge >= 0.3 is 0 Å². The first-order valence-electron chi connectivity index (χ1n) is 11.9. The second-order valence-corrected chi connectivity index (χ2v) is 8.49. The summed E-state index contributed by atoms with van der Waals surface area (Å²) < 4.78 is 13.2. The van der Waals surface area contributed by atoms with Crippen LogP contribution in [-0.2, 0) is 17.8 Å². The van der Waals surface area contributed by atoms with E-state index in [2.05, 4.69) is 53.6 Å². The highest BCUT2D eigenvalue weighted by Gasteiger charge is 2.17. The molecule has 2 aromatic carbocycles. The van der Waals surface area contributed by atoms with Gasteiger partial charge in [-0.3, -0.25) is 4.90 Å². The highest BCUT2D eigenvalue weighted by molar-refractivity contribution is 5.85. The molecule has 0 bridgehead atoms. The highest BCUT2D eigenvalue weighted by Crippen LogP contribution is 2.25. The molecule has 0 radical (unpaired) electrons. The van der Waals surface area contributed by atoms with Crippen LogP contribution >= 0.6 is 0 Å². The molecule has 0 fully saturated rings. The molecule has 0 aliphatic rings. The first-order valence-corrected chi connectivity index (χ1v) is 11.9. The summed E-state index contributed by atoms with van der Waals surface area (Å²) in [6.07, 6.45) is 0.161. The molecule has 0 saturated heterocycles. The highest BCUT2D eigenvalue weighted by atomic mass is 16.5. The molecular formula is C27H38N2O4. The minimum atomic E-state index is -0.515. The van der Waals surface area contributed by atoms with Crippen molar-refractivity contribution in [3.05, 3.63) is 65.4 Å². The summed E-state index contributed by atoms with van der Waals surface area (Å²) in [6.45, 7) is 10.7. The standard InChI is InChI=1S/C27H38N2O4/c1-4-32-16-17-33-25-12-10-23(11-13-25)18-28(14-7-15-30)19-24(31)20-29-22(3)21(2)26-8-5-6-9-27(26)29/h5-6,8-13,24,30-31H,4,7,14-20H2,1-3H3. The van der Waals surface area contributed by atoms with E-state index in [1.54, 1.807) is 0 Å². The lowest BCUT2D eigenvalue weighted by Crippen LogP contribution is -2.35. The number of hydrogen-bond donors (Lipinski definition) is 2. The fraction of sp³-hybridized carbons (Fsp3) is 0.481. The Balaban J connectivity index is 1.62. The van der Waals surface area contributed by atoms with Crippen LogP contribution in [-0.4, -0.2) is 65.3 Å². The molecular weight excluding hydrogens is 416 g/mol. The van der Waals surface area contributed by atoms with Crippen molar-refractivity contribution < 1.29 is 19.7 Å². The molecule has 0 aliphatic carbocycles. The number of aliphatic hydroxyl groups is 2. The van der Waals surface area contributed by atoms with E-state index in [1.165, 1.54) is 16.6 Å². The van der Waals surface area contributed by atoms with Gasteiger partial charge in [0.05, 0.1) is 19.3 Å². The second-order valence-electron chi connectivity index (χ2n) is 8.49. The largest absolute Gasteiger partial charge is 0.491 e. The van der Waals surface area contributed by atoms with Gasteiger partial charge < -0.3 is 24.3 Å². The van der Waals surface area contributed by atoms with Gasteiger partial charge in [0, 0.05) is 49.4 Å². The Labute approximate surface area is 197 Å². The van der Waals surface area contributed by atoms with Crippen LogP contribution in [0.1, 0.15) is 30.2 Å². The van der Waals surface area contributed by atoms with E-state index >= 15 is 0 Å². The molecule has 1 aromatic heterocycles. The van der Waals surface area contributed by atoms with Gasteiger partial charge in [0.2, 0.25) is 0 Å². The van der Waals surface area contributed by atoms with Gasteiger partial charge in [-0.25, -0.2) is 0 Å². The predicted octanol–water partition coefficient (Wildman–Crippen LogP) is 3.92. The second kappa shape index (κ2) is 12.8. The number of benzene rings is 2. The average Bonchev–Trinajstić information content (AvgIpc) is 3.06. The number of rotatable bonds is 14. The molecule has 6 nitrogen and oxygen atoms in total. The fourth-order valence-electron chi connectivity index (χ4n) is 4.25. The van der Waals surface area contributed by atoms with Crippen LogP contribution in [0.25, 0.3) is 10.9 Å². The first kappa shape index (κ1) is 25.2. The van der Waals surface area contributed by atoms with E-state index in [9.17, 15) is 10.2 Å². The van der Waals surface area contributed by atoms with Crippen LogP contribution in [0.4, 0.5) is 0 Å². The summed E-state index contributed by atoms with van der Waals surface area (Å²) >= 11 is 0. The monoisotopic (exact) mass is 454 g/mol. The lowest BCUT2D eigenvalue weighted by atomic mass is 10.2. The predicted molar refractivity (Wildman–Crippen MR) is 133 cm³/mol. The molecule has 2 N–H and O–H groups in total. The van der Waals surface area contributed by atoms with E-state index in [0.29, 0.717) is 45.9 Å². The third-order valence-corrected chi connectivity index (χ3v) is 6.07. The van der Waals surface area contributed by atoms with Crippen LogP contribution in [0.3, 0.4) is 0 Å². The Morgan fingerprint density at radius 2 is 1.79 bits per heavy atom. The van der Waals surface area contributed by atoms with Crippen LogP contribution < -0.4 is 4.74 Å². The number of aliphatic hydroxyl groups excluding tert-OH is 2. The number of para-hydroxylation sites is 1. The zero-order valence-corrected chi connectivity index (χ0v) is 20.2. The maximum Gasteiger partial charge on any atom is 0.119 e. The molecule has 1 heterocycles. The molecule has 1 atom stereocenters. The Bertz CT molecular complexity index is 984. The molecule has 0 spiro atoms. The Hall–Kier alpha value is -2.38. The van der Waals surface area contributed by atoms with Crippen LogP contribution in [0.2, 0.25) is 0 Å². The molecule has 6 heteroatoms. The van der Waals surface area contributed by atoms with Gasteiger partial charge in [-0.15, -0.1) is 0 Å². The zero-order valence-electron chi connectivity index (χ0n) is 20.2. The Morgan fingerprint density at radius 3 is 2.52 bits per heavy atom. The van der Waals surface area contributed by atoms with Gasteiger partial charge in [-0.05, 0) is 56.5 Å². The summed E-state index contributed by atoms with van der Waals surface area (Å²) in [5.41, 5.74) is 4.76. The van der Waals surface area contributed by atoms with Gasteiger partial charge in [0.15, 0.2) is 0 Å². The quantitative estimate of drug-likeness (QED) is 0.362. The molecule has 180 valence electrons. The van der Waals surface area contributed by atoms with Gasteiger partial charge in [-0.2, -0.15) is 0 Å². The van der Waals surface area contributed by atoms with Crippen LogP contribution in [0.15, 0.2) is 48.5 Å². The van der Waals surface area contributed by atoms with Crippen molar-refractivity contribution >= 4 is 10.9 Å². The SMILES string of the molecule is CCOCCOc1ccc(CN(CCCO)CC(O)Cn2c(C)c(C)c3ccccc32)cc1. The number of nitrogens with zero attached hydrogens (tertiary/aromatic N) is 2. The lowest BCUT2D eigenvalue weighted by molar-refractivity contribution is 0.0908. The number of ether oxygens (including phenoxy) is 2. The van der Waals surface area contributed by atoms with Gasteiger partial charge in [0.25, 0.3) is 0 Å². The molecule has 0 aliphatic heterocycles. The Morgan fingerprint density at radius 1 is 1.03 bits per heavy atom. The maximum atomic E-state index is 11.0. The topological polar surface area (TPSA) is 67.1 Å². The maximum absolute atomic E-state index is 11.0. The molecule has 3 rings (SSSR count). The molecule has 0 amide bonds. The van der Waals surface area contributed by atoms with Gasteiger partial charge in [-0.1, -0.05) is 30.3 Å². The molecule has 3 aromatic rings. The van der Waals surface area contributed by atoms with Crippen LogP contribution in [0.5, 0.6) is 5.75 Å². The summed E-state index contributed by atoms with van der Waals surface area (Å²) in [6, 6.07) is 16.4. The number of aryl methyl sites for hydroxylation is 1. The normalized spacial score (nSPS) is 12.5. The van der Waals surface area contributed by atoms with E-state index in [4.69, 9.17) is 9.47 Å². The minimum Gasteiger partial charge on any atom is -0.491 e. The summed E-state index contributed by atoms with van der Waals surface area (Å²) in [4.78, 5) is 2.21. The lowest BCUT2D eigenvalue weighted by Gasteiger charge is -2.26.